The molecule has 0 radical (unpaired) electrons. The van der Waals surface area contributed by atoms with Gasteiger partial charge in [-0.1, -0.05) is 13.3 Å². The number of aromatic nitrogens is 2. The second-order valence-electron chi connectivity index (χ2n) is 8.23. The number of carbonyl (C=O) groups is 3. The third-order valence-electron chi connectivity index (χ3n) is 5.92. The molecule has 0 unspecified atom stereocenters. The average Bonchev–Trinajstić information content (AvgIpc) is 3.43. The van der Waals surface area contributed by atoms with Gasteiger partial charge < -0.3 is 26.7 Å². The van der Waals surface area contributed by atoms with Gasteiger partial charge in [-0.15, -0.1) is 11.3 Å². The zero-order valence-electron chi connectivity index (χ0n) is 17.6. The Morgan fingerprint density at radius 2 is 2.06 bits per heavy atom. The van der Waals surface area contributed by atoms with Crippen LogP contribution in [0.25, 0.3) is 0 Å². The number of anilines is 2. The molecule has 3 amide bonds. The van der Waals surface area contributed by atoms with E-state index in [0.29, 0.717) is 23.5 Å². The molecule has 9 nitrogen and oxygen atoms in total. The average molecular weight is 445 g/mol. The van der Waals surface area contributed by atoms with E-state index in [1.54, 1.807) is 4.57 Å². The molecule has 0 spiro atoms. The molecule has 6 N–H and O–H groups in total. The van der Waals surface area contributed by atoms with Crippen molar-refractivity contribution >= 4 is 39.9 Å². The van der Waals surface area contributed by atoms with E-state index >= 15 is 0 Å². The lowest BCUT2D eigenvalue weighted by Gasteiger charge is -2.25. The maximum Gasteiger partial charge on any atom is 0.271 e. The lowest BCUT2D eigenvalue weighted by molar-refractivity contribution is -0.117. The first kappa shape index (κ1) is 21.4. The molecule has 2 aliphatic rings. The predicted octanol–water partition coefficient (Wildman–Crippen LogP) is 2.23. The highest BCUT2D eigenvalue weighted by Gasteiger charge is 2.34. The number of amides is 3. The maximum absolute atomic E-state index is 13.1. The number of unbranched alkanes of at least 4 members (excludes halogenated alkanes) is 1. The fourth-order valence-corrected chi connectivity index (χ4v) is 5.25. The predicted molar refractivity (Wildman–Crippen MR) is 119 cm³/mol. The number of carbonyl (C=O) groups excluding carboxylic acids is 3. The van der Waals surface area contributed by atoms with E-state index in [9.17, 15) is 14.4 Å². The van der Waals surface area contributed by atoms with Crippen molar-refractivity contribution < 1.29 is 14.4 Å². The molecule has 1 saturated carbocycles. The summed E-state index contributed by atoms with van der Waals surface area (Å²) in [5.41, 5.74) is 13.0. The van der Waals surface area contributed by atoms with Gasteiger partial charge in [-0.05, 0) is 44.1 Å². The van der Waals surface area contributed by atoms with Gasteiger partial charge in [-0.2, -0.15) is 0 Å². The number of thiophene rings is 1. The number of nitrogens with zero attached hydrogens (tertiary/aromatic N) is 2. The van der Waals surface area contributed by atoms with Crippen molar-refractivity contribution in [2.75, 3.05) is 17.6 Å². The molecule has 0 saturated heterocycles. The van der Waals surface area contributed by atoms with Crippen molar-refractivity contribution in [3.05, 3.63) is 28.0 Å². The van der Waals surface area contributed by atoms with Crippen LogP contribution in [0.5, 0.6) is 0 Å². The van der Waals surface area contributed by atoms with Crippen LogP contribution in [-0.4, -0.2) is 33.8 Å². The first-order valence-electron chi connectivity index (χ1n) is 10.8. The van der Waals surface area contributed by atoms with Crippen LogP contribution in [0.4, 0.5) is 10.8 Å². The molecule has 0 aliphatic heterocycles. The molecule has 166 valence electrons. The van der Waals surface area contributed by atoms with Crippen LogP contribution in [0.1, 0.15) is 76.4 Å². The van der Waals surface area contributed by atoms with Crippen LogP contribution in [0.3, 0.4) is 0 Å². The Bertz CT molecular complexity index is 1020. The van der Waals surface area contributed by atoms with Crippen LogP contribution in [-0.2, 0) is 17.6 Å². The van der Waals surface area contributed by atoms with E-state index in [1.807, 2.05) is 0 Å². The number of fused-ring (bicyclic) bond motifs is 1. The molecule has 1 fully saturated rings. The molecule has 2 heterocycles. The highest BCUT2D eigenvalue weighted by molar-refractivity contribution is 7.17. The van der Waals surface area contributed by atoms with E-state index in [2.05, 4.69) is 22.5 Å². The normalized spacial score (nSPS) is 17.8. The minimum Gasteiger partial charge on any atom is -0.383 e. The molecule has 0 aromatic carbocycles. The zero-order valence-corrected chi connectivity index (χ0v) is 18.4. The molecule has 31 heavy (non-hydrogen) atoms. The van der Waals surface area contributed by atoms with E-state index in [0.717, 1.165) is 49.0 Å². The van der Waals surface area contributed by atoms with Crippen LogP contribution in [0.15, 0.2) is 6.33 Å². The van der Waals surface area contributed by atoms with E-state index in [1.165, 1.54) is 17.7 Å². The van der Waals surface area contributed by atoms with Crippen LogP contribution in [0.2, 0.25) is 0 Å². The molecule has 2 aromatic rings. The fraction of sp³-hybridized carbons (Fsp3) is 0.524. The van der Waals surface area contributed by atoms with Crippen molar-refractivity contribution in [1.82, 2.24) is 14.9 Å². The molecular formula is C21H28N6O3S. The number of nitrogen functional groups attached to an aromatic ring is 1. The van der Waals surface area contributed by atoms with E-state index < -0.39 is 5.91 Å². The summed E-state index contributed by atoms with van der Waals surface area (Å²) in [6.07, 6.45) is 7.33. The molecule has 1 atom stereocenters. The highest BCUT2D eigenvalue weighted by Crippen LogP contribution is 2.42. The van der Waals surface area contributed by atoms with Crippen molar-refractivity contribution in [3.8, 4) is 0 Å². The van der Waals surface area contributed by atoms with Gasteiger partial charge in [-0.25, -0.2) is 4.98 Å². The fourth-order valence-electron chi connectivity index (χ4n) is 4.01. The Morgan fingerprint density at radius 3 is 2.71 bits per heavy atom. The van der Waals surface area contributed by atoms with Gasteiger partial charge in [0.1, 0.15) is 10.8 Å². The van der Waals surface area contributed by atoms with Gasteiger partial charge in [0.2, 0.25) is 5.91 Å². The monoisotopic (exact) mass is 444 g/mol. The van der Waals surface area contributed by atoms with E-state index in [4.69, 9.17) is 11.5 Å². The summed E-state index contributed by atoms with van der Waals surface area (Å²) in [5.74, 6) is -0.533. The number of imidazole rings is 1. The smallest absolute Gasteiger partial charge is 0.271 e. The number of nitrogens with two attached hydrogens (primary N) is 2. The second kappa shape index (κ2) is 8.70. The highest BCUT2D eigenvalue weighted by atomic mass is 32.1. The Hall–Kier alpha value is -2.88. The summed E-state index contributed by atoms with van der Waals surface area (Å²) in [5, 5.41) is 6.62. The molecule has 4 rings (SSSR count). The number of hydrogen-bond donors (Lipinski definition) is 4. The number of nitrogens with one attached hydrogen (secondary N) is 2. The summed E-state index contributed by atoms with van der Waals surface area (Å²) in [7, 11) is 0. The largest absolute Gasteiger partial charge is 0.383 e. The lowest BCUT2D eigenvalue weighted by atomic mass is 9.91. The summed E-state index contributed by atoms with van der Waals surface area (Å²) >= 11 is 1.49. The summed E-state index contributed by atoms with van der Waals surface area (Å²) < 4.78 is 1.77. The molecule has 2 aromatic heterocycles. The summed E-state index contributed by atoms with van der Waals surface area (Å²) in [6, 6.07) is -0.0446. The third-order valence-corrected chi connectivity index (χ3v) is 7.13. The van der Waals surface area contributed by atoms with Gasteiger partial charge in [-0.3, -0.25) is 14.4 Å². The van der Waals surface area contributed by atoms with Gasteiger partial charge in [0.25, 0.3) is 11.8 Å². The lowest BCUT2D eigenvalue weighted by Crippen LogP contribution is -2.28. The van der Waals surface area contributed by atoms with Gasteiger partial charge in [0.05, 0.1) is 11.9 Å². The number of hydrogen-bond acceptors (Lipinski definition) is 6. The van der Waals surface area contributed by atoms with Crippen LogP contribution < -0.4 is 22.1 Å². The number of aryl methyl sites for hydroxylation is 1. The zero-order chi connectivity index (χ0) is 22.1. The summed E-state index contributed by atoms with van der Waals surface area (Å²) in [6.45, 7) is 2.66. The topological polar surface area (TPSA) is 145 Å². The quantitative estimate of drug-likeness (QED) is 0.461. The van der Waals surface area contributed by atoms with Crippen molar-refractivity contribution in [2.24, 2.45) is 11.7 Å². The maximum atomic E-state index is 13.1. The first-order valence-corrected chi connectivity index (χ1v) is 11.6. The number of primary amides is 1. The number of rotatable bonds is 8. The van der Waals surface area contributed by atoms with Gasteiger partial charge >= 0.3 is 0 Å². The Kier molecular flexibility index (Phi) is 5.99. The Labute approximate surface area is 184 Å². The van der Waals surface area contributed by atoms with Crippen LogP contribution >= 0.6 is 11.3 Å². The third kappa shape index (κ3) is 4.30. The minimum atomic E-state index is -0.663. The SMILES string of the molecule is CCCCNC(=O)c1c(NC(=O)C2CC2)sc2c1C[C@@H](n1cnc(C(N)=O)c1N)CC2. The second-order valence-corrected chi connectivity index (χ2v) is 9.33. The Morgan fingerprint density at radius 1 is 1.29 bits per heavy atom. The standard InChI is InChI=1S/C21H28N6O3S/c1-2-3-8-24-20(30)15-13-9-12(27-10-25-16(17(27)22)18(23)28)6-7-14(13)31-21(15)26-19(29)11-4-5-11/h10-12H,2-9,22H2,1H3,(H2,23,28)(H,24,30)(H,26,29)/t12-/m0/s1. The van der Waals surface area contributed by atoms with Gasteiger partial charge in [0, 0.05) is 23.4 Å². The van der Waals surface area contributed by atoms with E-state index in [-0.39, 0.29) is 35.3 Å². The van der Waals surface area contributed by atoms with Crippen LogP contribution in [0, 0.1) is 5.92 Å². The van der Waals surface area contributed by atoms with Crippen molar-refractivity contribution in [2.45, 2.75) is 57.9 Å². The minimum absolute atomic E-state index is 0.0114. The molecule has 10 heteroatoms. The first-order chi connectivity index (χ1) is 14.9. The van der Waals surface area contributed by atoms with Crippen molar-refractivity contribution in [1.29, 1.82) is 0 Å². The molecular weight excluding hydrogens is 416 g/mol. The molecule has 0 bridgehead atoms. The van der Waals surface area contributed by atoms with Gasteiger partial charge in [0.15, 0.2) is 5.69 Å². The molecule has 2 aliphatic carbocycles. The van der Waals surface area contributed by atoms with Crippen molar-refractivity contribution in [3.63, 3.8) is 0 Å². The Balaban J connectivity index is 1.64. The summed E-state index contributed by atoms with van der Waals surface area (Å²) in [4.78, 5) is 42.2.